The molecule has 1 N–H and O–H groups in total. The second-order valence-corrected chi connectivity index (χ2v) is 6.79. The SMILES string of the molecule is COc1ccc2c(c1)C1(CCN(C(=O)c3ccc(C)cc3)C1)C(=O)N2. The molecule has 5 heteroatoms. The van der Waals surface area contributed by atoms with E-state index in [4.69, 9.17) is 4.74 Å². The topological polar surface area (TPSA) is 58.6 Å². The largest absolute Gasteiger partial charge is 0.497 e. The molecule has 4 rings (SSSR count). The quantitative estimate of drug-likeness (QED) is 0.917. The molecule has 1 saturated heterocycles. The van der Waals surface area contributed by atoms with Gasteiger partial charge in [-0.2, -0.15) is 0 Å². The van der Waals surface area contributed by atoms with Gasteiger partial charge in [-0.05, 0) is 49.2 Å². The number of anilines is 1. The number of nitrogens with zero attached hydrogens (tertiary/aromatic N) is 1. The number of carbonyl (C=O) groups is 2. The molecule has 1 atom stereocenters. The van der Waals surface area contributed by atoms with Crippen LogP contribution in [0.4, 0.5) is 5.69 Å². The third-order valence-corrected chi connectivity index (χ3v) is 5.28. The normalized spacial score (nSPS) is 21.4. The van der Waals surface area contributed by atoms with Crippen molar-refractivity contribution in [3.8, 4) is 5.75 Å². The minimum atomic E-state index is -0.676. The van der Waals surface area contributed by atoms with Crippen molar-refractivity contribution < 1.29 is 14.3 Å². The average molecular weight is 336 g/mol. The van der Waals surface area contributed by atoms with E-state index in [-0.39, 0.29) is 11.8 Å². The van der Waals surface area contributed by atoms with Crippen LogP contribution in [0, 0.1) is 6.92 Å². The summed E-state index contributed by atoms with van der Waals surface area (Å²) < 4.78 is 5.31. The molecule has 5 nitrogen and oxygen atoms in total. The monoisotopic (exact) mass is 336 g/mol. The van der Waals surface area contributed by atoms with Crippen molar-refractivity contribution in [3.63, 3.8) is 0 Å². The molecule has 0 aromatic heterocycles. The summed E-state index contributed by atoms with van der Waals surface area (Å²) in [5.74, 6) is 0.661. The molecular weight excluding hydrogens is 316 g/mol. The number of likely N-dealkylation sites (tertiary alicyclic amines) is 1. The zero-order valence-corrected chi connectivity index (χ0v) is 14.3. The third kappa shape index (κ3) is 2.38. The van der Waals surface area contributed by atoms with Gasteiger partial charge in [-0.15, -0.1) is 0 Å². The van der Waals surface area contributed by atoms with Crippen molar-refractivity contribution in [3.05, 3.63) is 59.2 Å². The van der Waals surface area contributed by atoms with Crippen LogP contribution in [-0.4, -0.2) is 36.9 Å². The lowest BCUT2D eigenvalue weighted by molar-refractivity contribution is -0.120. The zero-order chi connectivity index (χ0) is 17.6. The van der Waals surface area contributed by atoms with Crippen LogP contribution in [0.3, 0.4) is 0 Å². The summed E-state index contributed by atoms with van der Waals surface area (Å²) >= 11 is 0. The van der Waals surface area contributed by atoms with Gasteiger partial charge in [0.1, 0.15) is 5.75 Å². The van der Waals surface area contributed by atoms with Gasteiger partial charge in [0.2, 0.25) is 5.91 Å². The molecule has 128 valence electrons. The lowest BCUT2D eigenvalue weighted by Gasteiger charge is -2.23. The summed E-state index contributed by atoms with van der Waals surface area (Å²) in [4.78, 5) is 27.3. The van der Waals surface area contributed by atoms with Gasteiger partial charge in [-0.25, -0.2) is 0 Å². The molecule has 2 aromatic rings. The summed E-state index contributed by atoms with van der Waals surface area (Å²) in [7, 11) is 1.61. The van der Waals surface area contributed by atoms with Crippen LogP contribution < -0.4 is 10.1 Å². The molecule has 2 amide bonds. The fourth-order valence-electron chi connectivity index (χ4n) is 3.79. The number of methoxy groups -OCH3 is 1. The number of benzene rings is 2. The van der Waals surface area contributed by atoms with Crippen molar-refractivity contribution in [2.24, 2.45) is 0 Å². The first kappa shape index (κ1) is 15.7. The van der Waals surface area contributed by atoms with Crippen LogP contribution >= 0.6 is 0 Å². The zero-order valence-electron chi connectivity index (χ0n) is 14.3. The second-order valence-electron chi connectivity index (χ2n) is 6.79. The number of nitrogens with one attached hydrogen (secondary N) is 1. The van der Waals surface area contributed by atoms with E-state index in [0.29, 0.717) is 25.1 Å². The van der Waals surface area contributed by atoms with E-state index >= 15 is 0 Å². The van der Waals surface area contributed by atoms with Gasteiger partial charge in [0.25, 0.3) is 5.91 Å². The highest BCUT2D eigenvalue weighted by atomic mass is 16.5. The molecular formula is C20H20N2O3. The predicted molar refractivity (Wildman–Crippen MR) is 95.0 cm³/mol. The van der Waals surface area contributed by atoms with Gasteiger partial charge >= 0.3 is 0 Å². The van der Waals surface area contributed by atoms with Crippen LogP contribution in [-0.2, 0) is 10.2 Å². The van der Waals surface area contributed by atoms with Gasteiger partial charge in [0, 0.05) is 24.3 Å². The Labute approximate surface area is 146 Å². The highest BCUT2D eigenvalue weighted by molar-refractivity contribution is 6.07. The second kappa shape index (κ2) is 5.62. The fraction of sp³-hybridized carbons (Fsp3) is 0.300. The molecule has 2 aliphatic rings. The van der Waals surface area contributed by atoms with Crippen LogP contribution in [0.1, 0.15) is 27.9 Å². The molecule has 0 radical (unpaired) electrons. The number of fused-ring (bicyclic) bond motifs is 2. The predicted octanol–water partition coefficient (Wildman–Crippen LogP) is 2.74. The Kier molecular flexibility index (Phi) is 3.53. The molecule has 25 heavy (non-hydrogen) atoms. The maximum atomic E-state index is 12.8. The number of aryl methyl sites for hydroxylation is 1. The average Bonchev–Trinajstić information content (AvgIpc) is 3.18. The lowest BCUT2D eigenvalue weighted by Crippen LogP contribution is -2.39. The maximum Gasteiger partial charge on any atom is 0.253 e. The Balaban J connectivity index is 1.65. The molecule has 0 saturated carbocycles. The Morgan fingerprint density at radius 2 is 1.96 bits per heavy atom. The van der Waals surface area contributed by atoms with Gasteiger partial charge in [-0.3, -0.25) is 9.59 Å². The van der Waals surface area contributed by atoms with Gasteiger partial charge in [-0.1, -0.05) is 17.7 Å². The Bertz CT molecular complexity index is 860. The van der Waals surface area contributed by atoms with Crippen molar-refractivity contribution >= 4 is 17.5 Å². The molecule has 2 heterocycles. The minimum Gasteiger partial charge on any atom is -0.497 e. The van der Waals surface area contributed by atoms with Gasteiger partial charge < -0.3 is 15.0 Å². The summed E-state index contributed by atoms with van der Waals surface area (Å²) in [6.07, 6.45) is 0.622. The van der Waals surface area contributed by atoms with Gasteiger partial charge in [0.15, 0.2) is 0 Å². The molecule has 1 unspecified atom stereocenters. The Morgan fingerprint density at radius 3 is 2.68 bits per heavy atom. The highest BCUT2D eigenvalue weighted by Crippen LogP contribution is 2.45. The lowest BCUT2D eigenvalue weighted by atomic mass is 9.81. The van der Waals surface area contributed by atoms with Crippen LogP contribution in [0.25, 0.3) is 0 Å². The Hall–Kier alpha value is -2.82. The van der Waals surface area contributed by atoms with Crippen LogP contribution in [0.2, 0.25) is 0 Å². The van der Waals surface area contributed by atoms with E-state index in [1.165, 1.54) is 0 Å². The van der Waals surface area contributed by atoms with E-state index < -0.39 is 5.41 Å². The smallest absolute Gasteiger partial charge is 0.253 e. The minimum absolute atomic E-state index is 0.0268. The summed E-state index contributed by atoms with van der Waals surface area (Å²) in [5, 5.41) is 2.96. The number of carbonyl (C=O) groups excluding carboxylic acids is 2. The molecule has 1 fully saturated rings. The first-order chi connectivity index (χ1) is 12.0. The van der Waals surface area contributed by atoms with E-state index in [0.717, 1.165) is 22.6 Å². The molecule has 0 bridgehead atoms. The summed E-state index contributed by atoms with van der Waals surface area (Å²) in [6, 6.07) is 13.2. The molecule has 0 aliphatic carbocycles. The third-order valence-electron chi connectivity index (χ3n) is 5.28. The van der Waals surface area contributed by atoms with E-state index in [1.807, 2.05) is 49.4 Å². The molecule has 2 aliphatic heterocycles. The van der Waals surface area contributed by atoms with Crippen molar-refractivity contribution in [1.29, 1.82) is 0 Å². The first-order valence-electron chi connectivity index (χ1n) is 8.39. The van der Waals surface area contributed by atoms with E-state index in [2.05, 4.69) is 5.32 Å². The number of amides is 2. The molecule has 2 aromatic carbocycles. The van der Waals surface area contributed by atoms with Crippen LogP contribution in [0.15, 0.2) is 42.5 Å². The van der Waals surface area contributed by atoms with E-state index in [9.17, 15) is 9.59 Å². The number of rotatable bonds is 2. The standard InChI is InChI=1S/C20H20N2O3/c1-13-3-5-14(6-4-13)18(23)22-10-9-20(12-22)16-11-15(25-2)7-8-17(16)21-19(20)24/h3-8,11H,9-10,12H2,1-2H3,(H,21,24). The number of hydrogen-bond acceptors (Lipinski definition) is 3. The number of hydrogen-bond donors (Lipinski definition) is 1. The fourth-order valence-corrected chi connectivity index (χ4v) is 3.79. The summed E-state index contributed by atoms with van der Waals surface area (Å²) in [5.41, 5.74) is 2.84. The number of ether oxygens (including phenoxy) is 1. The van der Waals surface area contributed by atoms with Crippen LogP contribution in [0.5, 0.6) is 5.75 Å². The molecule has 1 spiro atoms. The highest BCUT2D eigenvalue weighted by Gasteiger charge is 2.52. The van der Waals surface area contributed by atoms with Crippen molar-refractivity contribution in [2.45, 2.75) is 18.8 Å². The van der Waals surface area contributed by atoms with Crippen molar-refractivity contribution in [1.82, 2.24) is 4.90 Å². The first-order valence-corrected chi connectivity index (χ1v) is 8.39. The van der Waals surface area contributed by atoms with Gasteiger partial charge in [0.05, 0.1) is 12.5 Å². The van der Waals surface area contributed by atoms with Crippen molar-refractivity contribution in [2.75, 3.05) is 25.5 Å². The van der Waals surface area contributed by atoms with E-state index in [1.54, 1.807) is 12.0 Å². The maximum absolute atomic E-state index is 12.8. The summed E-state index contributed by atoms with van der Waals surface area (Å²) in [6.45, 7) is 2.95. The Morgan fingerprint density at radius 1 is 1.20 bits per heavy atom.